The minimum Gasteiger partial charge on any atom is -0.480 e. The van der Waals surface area contributed by atoms with Gasteiger partial charge in [0, 0.05) is 12.5 Å². The number of carbonyl (C=O) groups excluding carboxylic acids is 2. The maximum absolute atomic E-state index is 13.0. The van der Waals surface area contributed by atoms with Crippen LogP contribution in [-0.2, 0) is 14.3 Å². The average molecular weight is 449 g/mol. The third kappa shape index (κ3) is 3.75. The van der Waals surface area contributed by atoms with Crippen LogP contribution >= 0.6 is 0 Å². The molecule has 0 bridgehead atoms. The normalized spacial score (nSPS) is 24.0. The average Bonchev–Trinajstić information content (AvgIpc) is 3.48. The Bertz CT molecular complexity index is 1050. The molecule has 33 heavy (non-hydrogen) atoms. The largest absolute Gasteiger partial charge is 0.480 e. The number of hydrogen-bond acceptors (Lipinski definition) is 4. The number of rotatable bonds is 5. The van der Waals surface area contributed by atoms with Crippen LogP contribution in [0, 0.1) is 11.8 Å². The van der Waals surface area contributed by atoms with Gasteiger partial charge in [0.15, 0.2) is 0 Å². The molecule has 0 radical (unpaired) electrons. The van der Waals surface area contributed by atoms with Gasteiger partial charge in [-0.15, -0.1) is 0 Å². The molecule has 1 saturated carbocycles. The van der Waals surface area contributed by atoms with Gasteiger partial charge in [0.25, 0.3) is 0 Å². The highest BCUT2D eigenvalue weighted by Crippen LogP contribution is 2.45. The van der Waals surface area contributed by atoms with Crippen molar-refractivity contribution in [1.29, 1.82) is 0 Å². The summed E-state index contributed by atoms with van der Waals surface area (Å²) in [5.74, 6) is -1.16. The highest BCUT2D eigenvalue weighted by molar-refractivity contribution is 5.90. The number of carbonyl (C=O) groups is 3. The van der Waals surface area contributed by atoms with Crippen molar-refractivity contribution in [3.8, 4) is 11.1 Å². The van der Waals surface area contributed by atoms with Gasteiger partial charge in [-0.1, -0.05) is 55.0 Å². The van der Waals surface area contributed by atoms with Crippen molar-refractivity contribution in [1.82, 2.24) is 10.2 Å². The van der Waals surface area contributed by atoms with E-state index in [0.29, 0.717) is 6.54 Å². The number of carboxylic acids is 1. The Hall–Kier alpha value is -3.35. The molecule has 5 rings (SSSR count). The Morgan fingerprint density at radius 1 is 1.06 bits per heavy atom. The van der Waals surface area contributed by atoms with Crippen LogP contribution in [-0.4, -0.2) is 53.2 Å². The maximum Gasteiger partial charge on any atom is 0.407 e. The Kier molecular flexibility index (Phi) is 5.56. The molecule has 1 heterocycles. The Labute approximate surface area is 192 Å². The molecular formula is C26H28N2O5. The fourth-order valence-electron chi connectivity index (χ4n) is 5.98. The number of carboxylic acid groups (broad SMARTS) is 1. The number of fused-ring (bicyclic) bond motifs is 4. The molecule has 2 aromatic carbocycles. The molecule has 7 heteroatoms. The van der Waals surface area contributed by atoms with Gasteiger partial charge in [0.05, 0.1) is 0 Å². The lowest BCUT2D eigenvalue weighted by Gasteiger charge is -2.27. The smallest absolute Gasteiger partial charge is 0.407 e. The first kappa shape index (κ1) is 21.5. The first-order valence-corrected chi connectivity index (χ1v) is 11.6. The molecular weight excluding hydrogens is 420 g/mol. The number of aliphatic carboxylic acids is 1. The number of benzene rings is 2. The molecule has 7 nitrogen and oxygen atoms in total. The quantitative estimate of drug-likeness (QED) is 0.728. The van der Waals surface area contributed by atoms with E-state index >= 15 is 0 Å². The zero-order chi connectivity index (χ0) is 23.1. The number of likely N-dealkylation sites (tertiary alicyclic amines) is 1. The van der Waals surface area contributed by atoms with Crippen molar-refractivity contribution in [3.63, 3.8) is 0 Å². The second-order valence-electron chi connectivity index (χ2n) is 9.32. The van der Waals surface area contributed by atoms with Crippen LogP contribution in [0.4, 0.5) is 4.79 Å². The summed E-state index contributed by atoms with van der Waals surface area (Å²) in [6.07, 6.45) is 2.12. The number of hydrogen-bond donors (Lipinski definition) is 2. The van der Waals surface area contributed by atoms with E-state index in [-0.39, 0.29) is 30.3 Å². The first-order chi connectivity index (χ1) is 16.0. The summed E-state index contributed by atoms with van der Waals surface area (Å²) < 4.78 is 5.53. The number of ether oxygens (including phenoxy) is 1. The molecule has 2 aromatic rings. The lowest BCUT2D eigenvalue weighted by molar-refractivity contribution is -0.150. The predicted octanol–water partition coefficient (Wildman–Crippen LogP) is 3.63. The van der Waals surface area contributed by atoms with Gasteiger partial charge in [-0.3, -0.25) is 4.79 Å². The minimum atomic E-state index is -0.967. The molecule has 0 spiro atoms. The van der Waals surface area contributed by atoms with Crippen LogP contribution in [0.1, 0.15) is 43.2 Å². The van der Waals surface area contributed by atoms with E-state index < -0.39 is 24.1 Å². The molecule has 0 aromatic heterocycles. The Balaban J connectivity index is 1.22. The number of alkyl carbamates (subject to hydrolysis) is 1. The number of nitrogens with zero attached hydrogens (tertiary/aromatic N) is 1. The molecule has 2 aliphatic carbocycles. The summed E-state index contributed by atoms with van der Waals surface area (Å²) >= 11 is 0. The van der Waals surface area contributed by atoms with Crippen LogP contribution in [0.2, 0.25) is 0 Å². The standard InChI is InChI=1S/C26H28N2O5/c1-15(24(29)28-13-16-7-6-12-17(16)23(28)25(30)31)27-26(32)33-14-22-20-10-4-2-8-18(20)19-9-3-5-11-21(19)22/h2-5,8-11,15-17,22-23H,6-7,12-14H2,1H3,(H,27,32)(H,30,31)/t15-,16?,17?,23?/m1/s1. The first-order valence-electron chi connectivity index (χ1n) is 11.6. The summed E-state index contributed by atoms with van der Waals surface area (Å²) in [6, 6.07) is 14.5. The van der Waals surface area contributed by atoms with Gasteiger partial charge in [-0.05, 0) is 53.9 Å². The maximum atomic E-state index is 13.0. The second kappa shape index (κ2) is 8.54. The summed E-state index contributed by atoms with van der Waals surface area (Å²) in [6.45, 7) is 2.18. The van der Waals surface area contributed by atoms with Gasteiger partial charge in [0.1, 0.15) is 18.7 Å². The van der Waals surface area contributed by atoms with E-state index in [1.165, 1.54) is 4.90 Å². The summed E-state index contributed by atoms with van der Waals surface area (Å²) in [5.41, 5.74) is 4.52. The van der Waals surface area contributed by atoms with E-state index in [0.717, 1.165) is 41.5 Å². The van der Waals surface area contributed by atoms with Crippen LogP contribution < -0.4 is 5.32 Å². The topological polar surface area (TPSA) is 95.9 Å². The van der Waals surface area contributed by atoms with E-state index in [1.807, 2.05) is 36.4 Å². The van der Waals surface area contributed by atoms with E-state index in [4.69, 9.17) is 4.74 Å². The molecule has 1 saturated heterocycles. The van der Waals surface area contributed by atoms with E-state index in [9.17, 15) is 19.5 Å². The molecule has 1 aliphatic heterocycles. The van der Waals surface area contributed by atoms with Crippen LogP contribution in [0.3, 0.4) is 0 Å². The lowest BCUT2D eigenvalue weighted by atomic mass is 9.94. The highest BCUT2D eigenvalue weighted by Gasteiger charge is 2.50. The van der Waals surface area contributed by atoms with Crippen molar-refractivity contribution < 1.29 is 24.2 Å². The zero-order valence-corrected chi connectivity index (χ0v) is 18.6. The van der Waals surface area contributed by atoms with Crippen molar-refractivity contribution in [2.75, 3.05) is 13.2 Å². The van der Waals surface area contributed by atoms with Gasteiger partial charge >= 0.3 is 12.1 Å². The van der Waals surface area contributed by atoms with Gasteiger partial charge in [0.2, 0.25) is 5.91 Å². The van der Waals surface area contributed by atoms with Crippen LogP contribution in [0.25, 0.3) is 11.1 Å². The predicted molar refractivity (Wildman–Crippen MR) is 122 cm³/mol. The van der Waals surface area contributed by atoms with Crippen LogP contribution in [0.15, 0.2) is 48.5 Å². The van der Waals surface area contributed by atoms with Gasteiger partial charge in [-0.2, -0.15) is 0 Å². The fourth-order valence-corrected chi connectivity index (χ4v) is 5.98. The molecule has 2 fully saturated rings. The van der Waals surface area contributed by atoms with Crippen molar-refractivity contribution in [2.45, 2.75) is 44.2 Å². The fraction of sp³-hybridized carbons (Fsp3) is 0.423. The second-order valence-corrected chi connectivity index (χ2v) is 9.32. The third-order valence-electron chi connectivity index (χ3n) is 7.47. The van der Waals surface area contributed by atoms with Crippen molar-refractivity contribution >= 4 is 18.0 Å². The number of nitrogens with one attached hydrogen (secondary N) is 1. The zero-order valence-electron chi connectivity index (χ0n) is 18.6. The van der Waals surface area contributed by atoms with Crippen molar-refractivity contribution in [2.24, 2.45) is 11.8 Å². The Morgan fingerprint density at radius 2 is 1.70 bits per heavy atom. The lowest BCUT2D eigenvalue weighted by Crippen LogP contribution is -2.51. The molecule has 3 unspecified atom stereocenters. The SMILES string of the molecule is C[C@@H](NC(=O)OCC1c2ccccc2-c2ccccc21)C(=O)N1CC2CCCC2C1C(=O)O. The molecule has 2 amide bonds. The van der Waals surface area contributed by atoms with Gasteiger partial charge in [-0.25, -0.2) is 9.59 Å². The van der Waals surface area contributed by atoms with E-state index in [1.54, 1.807) is 6.92 Å². The minimum absolute atomic E-state index is 0.00750. The Morgan fingerprint density at radius 3 is 2.33 bits per heavy atom. The molecule has 172 valence electrons. The van der Waals surface area contributed by atoms with Gasteiger partial charge < -0.3 is 20.1 Å². The summed E-state index contributed by atoms with van der Waals surface area (Å²) in [7, 11) is 0. The summed E-state index contributed by atoms with van der Waals surface area (Å²) in [5, 5.41) is 12.3. The third-order valence-corrected chi connectivity index (χ3v) is 7.47. The van der Waals surface area contributed by atoms with Crippen LogP contribution in [0.5, 0.6) is 0 Å². The molecule has 2 N–H and O–H groups in total. The van der Waals surface area contributed by atoms with E-state index in [2.05, 4.69) is 17.4 Å². The highest BCUT2D eigenvalue weighted by atomic mass is 16.5. The number of amides is 2. The molecule has 4 atom stereocenters. The molecule has 3 aliphatic rings. The van der Waals surface area contributed by atoms with Crippen molar-refractivity contribution in [3.05, 3.63) is 59.7 Å². The monoisotopic (exact) mass is 448 g/mol. The summed E-state index contributed by atoms with van der Waals surface area (Å²) in [4.78, 5) is 38.8.